The molecule has 0 bridgehead atoms. The van der Waals surface area contributed by atoms with Gasteiger partial charge in [0.1, 0.15) is 10.6 Å². The molecule has 1 N–H and O–H groups in total. The van der Waals surface area contributed by atoms with Crippen LogP contribution in [0.1, 0.15) is 12.5 Å². The number of para-hydroxylation sites is 1. The van der Waals surface area contributed by atoms with Gasteiger partial charge < -0.3 is 14.3 Å². The maximum Gasteiger partial charge on any atom is 0.282 e. The largest absolute Gasteiger partial charge is 0.503 e. The fraction of sp³-hybridized carbons (Fsp3) is 0.0800. The van der Waals surface area contributed by atoms with Crippen molar-refractivity contribution in [1.82, 2.24) is 9.66 Å². The number of aromatic hydroxyl groups is 1. The Kier molecular flexibility index (Phi) is 6.39. The first-order chi connectivity index (χ1) is 16.9. The fourth-order valence-corrected chi connectivity index (χ4v) is 4.59. The summed E-state index contributed by atoms with van der Waals surface area (Å²) in [4.78, 5) is 18.1. The molecule has 2 aromatic heterocycles. The number of halogens is 3. The topological polar surface area (TPSA) is 89.9 Å². The van der Waals surface area contributed by atoms with E-state index in [-0.39, 0.29) is 27.9 Å². The van der Waals surface area contributed by atoms with Crippen LogP contribution in [0.25, 0.3) is 33.5 Å². The summed E-state index contributed by atoms with van der Waals surface area (Å²) in [5.74, 6) is 0.643. The Balaban J connectivity index is 1.72. The maximum absolute atomic E-state index is 13.4. The van der Waals surface area contributed by atoms with Crippen molar-refractivity contribution < 1.29 is 14.3 Å². The van der Waals surface area contributed by atoms with Crippen LogP contribution in [-0.4, -0.2) is 27.6 Å². The summed E-state index contributed by atoms with van der Waals surface area (Å²) in [6.45, 7) is 2.13. The average Bonchev–Trinajstić information content (AvgIpc) is 3.27. The van der Waals surface area contributed by atoms with Crippen LogP contribution in [0, 0.1) is 0 Å². The highest BCUT2D eigenvalue weighted by atomic mass is 79.9. The molecule has 2 heterocycles. The van der Waals surface area contributed by atoms with E-state index in [1.807, 2.05) is 30.3 Å². The number of rotatable bonds is 5. The molecule has 0 atom stereocenters. The molecule has 176 valence electrons. The van der Waals surface area contributed by atoms with Crippen LogP contribution in [0.2, 0.25) is 5.02 Å². The van der Waals surface area contributed by atoms with E-state index in [0.29, 0.717) is 38.9 Å². The molecule has 0 radical (unpaired) electrons. The Bertz CT molecular complexity index is 1690. The molecular formula is C25H16Br2ClN3O4. The molecule has 3 aromatic carbocycles. The molecule has 0 spiro atoms. The Morgan fingerprint density at radius 1 is 1.20 bits per heavy atom. The van der Waals surface area contributed by atoms with Gasteiger partial charge in [0.05, 0.1) is 23.7 Å². The molecule has 0 aliphatic heterocycles. The standard InChI is InChI=1S/C25H16Br2ClN3O4/c1-2-34-19-11-14(21(27)22(28)23(19)32)12-29-31-24(30-17-6-4-3-5-16(17)25(31)33)20-10-13-9-15(26)7-8-18(13)35-20/h3-12,32H,2H2,1H3. The van der Waals surface area contributed by atoms with Gasteiger partial charge in [0.2, 0.25) is 5.82 Å². The molecule has 0 unspecified atom stereocenters. The number of ether oxygens (including phenoxy) is 1. The van der Waals surface area contributed by atoms with Crippen molar-refractivity contribution in [1.29, 1.82) is 0 Å². The number of aromatic nitrogens is 2. The zero-order valence-corrected chi connectivity index (χ0v) is 22.1. The highest BCUT2D eigenvalue weighted by molar-refractivity contribution is 9.10. The predicted molar refractivity (Wildman–Crippen MR) is 144 cm³/mol. The number of hydrogen-bond acceptors (Lipinski definition) is 6. The molecule has 35 heavy (non-hydrogen) atoms. The van der Waals surface area contributed by atoms with Crippen LogP contribution in [0.3, 0.4) is 0 Å². The van der Waals surface area contributed by atoms with Crippen LogP contribution >= 0.6 is 43.5 Å². The second-order valence-corrected chi connectivity index (χ2v) is 9.57. The van der Waals surface area contributed by atoms with Gasteiger partial charge in [-0.25, -0.2) is 4.98 Å². The third-order valence-corrected chi connectivity index (χ3v) is 7.18. The summed E-state index contributed by atoms with van der Waals surface area (Å²) >= 11 is 13.1. The minimum Gasteiger partial charge on any atom is -0.503 e. The van der Waals surface area contributed by atoms with E-state index in [9.17, 15) is 9.90 Å². The van der Waals surface area contributed by atoms with Crippen LogP contribution < -0.4 is 10.3 Å². The molecule has 0 saturated carbocycles. The molecular weight excluding hydrogens is 602 g/mol. The van der Waals surface area contributed by atoms with Crippen molar-refractivity contribution in [3.63, 3.8) is 0 Å². The second-order valence-electron chi connectivity index (χ2n) is 7.48. The quantitative estimate of drug-likeness (QED) is 0.215. The number of phenolic OH excluding ortho intramolecular Hbond substituents is 1. The van der Waals surface area contributed by atoms with Gasteiger partial charge in [-0.2, -0.15) is 9.78 Å². The number of hydrogen-bond donors (Lipinski definition) is 1. The molecule has 0 aliphatic carbocycles. The number of phenols is 1. The van der Waals surface area contributed by atoms with Gasteiger partial charge in [-0.05, 0) is 65.3 Å². The van der Waals surface area contributed by atoms with Gasteiger partial charge in [0, 0.05) is 19.9 Å². The fourth-order valence-electron chi connectivity index (χ4n) is 3.61. The van der Waals surface area contributed by atoms with Crippen LogP contribution in [0.4, 0.5) is 0 Å². The van der Waals surface area contributed by atoms with Crippen molar-refractivity contribution in [2.75, 3.05) is 6.61 Å². The van der Waals surface area contributed by atoms with E-state index in [1.54, 1.807) is 31.2 Å². The molecule has 10 heteroatoms. The van der Waals surface area contributed by atoms with Crippen LogP contribution in [-0.2, 0) is 0 Å². The van der Waals surface area contributed by atoms with E-state index in [2.05, 4.69) is 41.9 Å². The molecule has 5 rings (SSSR count). The molecule has 7 nitrogen and oxygen atoms in total. The molecule has 0 amide bonds. The minimum atomic E-state index is -0.366. The monoisotopic (exact) mass is 615 g/mol. The average molecular weight is 618 g/mol. The van der Waals surface area contributed by atoms with Gasteiger partial charge in [0.25, 0.3) is 5.56 Å². The van der Waals surface area contributed by atoms with Gasteiger partial charge in [-0.15, -0.1) is 0 Å². The van der Waals surface area contributed by atoms with E-state index in [0.717, 1.165) is 9.86 Å². The van der Waals surface area contributed by atoms with Crippen LogP contribution in [0.15, 0.2) is 77.9 Å². The van der Waals surface area contributed by atoms with Crippen molar-refractivity contribution in [2.45, 2.75) is 6.92 Å². The number of furan rings is 1. The lowest BCUT2D eigenvalue weighted by Crippen LogP contribution is -2.20. The lowest BCUT2D eigenvalue weighted by Gasteiger charge is -2.11. The number of nitrogens with zero attached hydrogens (tertiary/aromatic N) is 3. The molecule has 0 aliphatic rings. The Morgan fingerprint density at radius 2 is 2.00 bits per heavy atom. The summed E-state index contributed by atoms with van der Waals surface area (Å²) in [5.41, 5.74) is 1.30. The number of benzene rings is 3. The third-order valence-electron chi connectivity index (χ3n) is 5.24. The van der Waals surface area contributed by atoms with Gasteiger partial charge >= 0.3 is 0 Å². The van der Waals surface area contributed by atoms with Crippen LogP contribution in [0.5, 0.6) is 11.5 Å². The zero-order valence-electron chi connectivity index (χ0n) is 18.1. The highest BCUT2D eigenvalue weighted by Gasteiger charge is 2.18. The predicted octanol–water partition coefficient (Wildman–Crippen LogP) is 6.97. The van der Waals surface area contributed by atoms with Crippen molar-refractivity contribution >= 4 is 71.5 Å². The first-order valence-corrected chi connectivity index (χ1v) is 12.4. The van der Waals surface area contributed by atoms with E-state index in [1.165, 1.54) is 10.9 Å². The lowest BCUT2D eigenvalue weighted by molar-refractivity contribution is 0.318. The Hall–Kier alpha value is -3.14. The normalized spacial score (nSPS) is 11.7. The highest BCUT2D eigenvalue weighted by Crippen LogP contribution is 2.41. The molecule has 5 aromatic rings. The summed E-state index contributed by atoms with van der Waals surface area (Å²) in [5, 5.41) is 16.0. The maximum atomic E-state index is 13.4. The first kappa shape index (κ1) is 23.6. The van der Waals surface area contributed by atoms with Gasteiger partial charge in [-0.1, -0.05) is 39.7 Å². The smallest absolute Gasteiger partial charge is 0.282 e. The summed E-state index contributed by atoms with van der Waals surface area (Å²) < 4.78 is 14.0. The van der Waals surface area contributed by atoms with Gasteiger partial charge in [0.15, 0.2) is 17.3 Å². The first-order valence-electron chi connectivity index (χ1n) is 10.5. The van der Waals surface area contributed by atoms with E-state index < -0.39 is 0 Å². The second kappa shape index (κ2) is 9.49. The summed E-state index contributed by atoms with van der Waals surface area (Å²) in [7, 11) is 0. The van der Waals surface area contributed by atoms with E-state index in [4.69, 9.17) is 20.8 Å². The zero-order chi connectivity index (χ0) is 24.7. The number of fused-ring (bicyclic) bond motifs is 2. The Labute approximate surface area is 220 Å². The van der Waals surface area contributed by atoms with Crippen molar-refractivity contribution in [3.8, 4) is 23.1 Å². The van der Waals surface area contributed by atoms with Crippen molar-refractivity contribution in [3.05, 3.63) is 84.5 Å². The van der Waals surface area contributed by atoms with E-state index >= 15 is 0 Å². The third kappa shape index (κ3) is 4.35. The molecule has 0 saturated heterocycles. The summed E-state index contributed by atoms with van der Waals surface area (Å²) in [6, 6.07) is 16.0. The van der Waals surface area contributed by atoms with Crippen molar-refractivity contribution in [2.24, 2.45) is 5.10 Å². The molecule has 0 fully saturated rings. The SMILES string of the molecule is CCOc1cc(C=Nn2c(-c3cc4cc(Br)ccc4o3)nc3ccccc3c2=O)c(Br)c(Cl)c1O. The summed E-state index contributed by atoms with van der Waals surface area (Å²) in [6.07, 6.45) is 1.44. The van der Waals surface area contributed by atoms with Gasteiger partial charge in [-0.3, -0.25) is 4.79 Å². The lowest BCUT2D eigenvalue weighted by atomic mass is 10.2. The Morgan fingerprint density at radius 3 is 2.80 bits per heavy atom. The minimum absolute atomic E-state index is 0.0736.